The number of amides is 1. The molecule has 0 saturated carbocycles. The van der Waals surface area contributed by atoms with E-state index in [0.717, 1.165) is 11.1 Å². The second-order valence-corrected chi connectivity index (χ2v) is 6.87. The summed E-state index contributed by atoms with van der Waals surface area (Å²) in [4.78, 5) is 43.3. The summed E-state index contributed by atoms with van der Waals surface area (Å²) in [5, 5.41) is 3.25. The van der Waals surface area contributed by atoms with Crippen LogP contribution in [0.3, 0.4) is 0 Å². The Balaban J connectivity index is 1.49. The van der Waals surface area contributed by atoms with E-state index in [-0.39, 0.29) is 24.3 Å². The molecule has 150 valence electrons. The Hall–Kier alpha value is -3.48. The molecule has 0 bridgehead atoms. The highest BCUT2D eigenvalue weighted by molar-refractivity contribution is 5.83. The number of rotatable bonds is 7. The van der Waals surface area contributed by atoms with E-state index < -0.39 is 12.1 Å². The van der Waals surface area contributed by atoms with E-state index >= 15 is 0 Å². The van der Waals surface area contributed by atoms with Gasteiger partial charge in [-0.25, -0.2) is 4.98 Å². The maximum atomic E-state index is 12.1. The molecule has 7 nitrogen and oxygen atoms in total. The van der Waals surface area contributed by atoms with Crippen LogP contribution in [0.5, 0.6) is 0 Å². The van der Waals surface area contributed by atoms with Crippen LogP contribution in [-0.2, 0) is 27.3 Å². The fourth-order valence-corrected chi connectivity index (χ4v) is 2.82. The molecule has 29 heavy (non-hydrogen) atoms. The minimum Gasteiger partial charge on any atom is -0.453 e. The maximum absolute atomic E-state index is 12.1. The van der Waals surface area contributed by atoms with E-state index in [1.165, 1.54) is 6.92 Å². The number of para-hydroxylation sites is 1. The van der Waals surface area contributed by atoms with Crippen molar-refractivity contribution in [2.75, 3.05) is 0 Å². The SMILES string of the molecule is Cc1ccc(CNC(=O)[C@@H](C)OC(=O)CCc2nc3ccccc3c(=O)[nH]2)cc1. The predicted octanol–water partition coefficient (Wildman–Crippen LogP) is 2.41. The third-order valence-corrected chi connectivity index (χ3v) is 4.49. The standard InChI is InChI=1S/C22H23N3O4/c1-14-7-9-16(10-8-14)13-23-21(27)15(2)29-20(26)12-11-19-24-18-6-4-3-5-17(18)22(28)25-19/h3-10,15H,11-13H2,1-2H3,(H,23,27)(H,24,25,28)/t15-/m1/s1. The van der Waals surface area contributed by atoms with Gasteiger partial charge in [-0.1, -0.05) is 42.0 Å². The van der Waals surface area contributed by atoms with E-state index in [4.69, 9.17) is 4.74 Å². The molecule has 0 saturated heterocycles. The molecule has 0 radical (unpaired) electrons. The van der Waals surface area contributed by atoms with Gasteiger partial charge in [-0.15, -0.1) is 0 Å². The molecule has 1 aromatic heterocycles. The number of benzene rings is 2. The lowest BCUT2D eigenvalue weighted by atomic mass is 10.1. The molecule has 0 unspecified atom stereocenters. The number of nitrogens with zero attached hydrogens (tertiary/aromatic N) is 1. The van der Waals surface area contributed by atoms with Crippen molar-refractivity contribution < 1.29 is 14.3 Å². The van der Waals surface area contributed by atoms with E-state index in [2.05, 4.69) is 15.3 Å². The highest BCUT2D eigenvalue weighted by Crippen LogP contribution is 2.08. The Kier molecular flexibility index (Phi) is 6.39. The van der Waals surface area contributed by atoms with Crippen LogP contribution in [0.1, 0.15) is 30.3 Å². The number of ether oxygens (including phenoxy) is 1. The molecule has 2 aromatic carbocycles. The summed E-state index contributed by atoms with van der Waals surface area (Å²) in [6.45, 7) is 3.88. The van der Waals surface area contributed by atoms with Gasteiger partial charge in [0.05, 0.1) is 17.3 Å². The number of fused-ring (bicyclic) bond motifs is 1. The molecule has 1 amide bonds. The maximum Gasteiger partial charge on any atom is 0.307 e. The molecule has 0 aliphatic heterocycles. The van der Waals surface area contributed by atoms with Gasteiger partial charge in [0.25, 0.3) is 11.5 Å². The molecule has 1 heterocycles. The summed E-state index contributed by atoms with van der Waals surface area (Å²) < 4.78 is 5.19. The number of hydrogen-bond donors (Lipinski definition) is 2. The normalized spacial score (nSPS) is 11.8. The number of aryl methyl sites for hydroxylation is 2. The van der Waals surface area contributed by atoms with Gasteiger partial charge in [-0.2, -0.15) is 0 Å². The zero-order valence-electron chi connectivity index (χ0n) is 16.4. The fraction of sp³-hybridized carbons (Fsp3) is 0.273. The van der Waals surface area contributed by atoms with E-state index in [1.54, 1.807) is 24.3 Å². The molecule has 7 heteroatoms. The van der Waals surface area contributed by atoms with Crippen molar-refractivity contribution >= 4 is 22.8 Å². The summed E-state index contributed by atoms with van der Waals surface area (Å²) in [5.41, 5.74) is 2.43. The quantitative estimate of drug-likeness (QED) is 0.601. The molecule has 0 aliphatic rings. The minimum atomic E-state index is -0.906. The minimum absolute atomic E-state index is 0.0108. The van der Waals surface area contributed by atoms with Crippen LogP contribution in [0.2, 0.25) is 0 Å². The number of nitrogens with one attached hydrogen (secondary N) is 2. The molecule has 3 rings (SSSR count). The number of aromatic nitrogens is 2. The van der Waals surface area contributed by atoms with E-state index in [9.17, 15) is 14.4 Å². The monoisotopic (exact) mass is 393 g/mol. The van der Waals surface area contributed by atoms with Crippen LogP contribution in [0.15, 0.2) is 53.3 Å². The van der Waals surface area contributed by atoms with Gasteiger partial charge in [0.2, 0.25) is 0 Å². The van der Waals surface area contributed by atoms with Crippen LogP contribution in [0.4, 0.5) is 0 Å². The van der Waals surface area contributed by atoms with Gasteiger partial charge < -0.3 is 15.0 Å². The molecule has 0 fully saturated rings. The molecule has 0 spiro atoms. The van der Waals surface area contributed by atoms with Crippen LogP contribution < -0.4 is 10.9 Å². The number of carbonyl (C=O) groups is 2. The molecule has 1 atom stereocenters. The first-order valence-electron chi connectivity index (χ1n) is 9.43. The average Bonchev–Trinajstić information content (AvgIpc) is 2.71. The topological polar surface area (TPSA) is 101 Å². The lowest BCUT2D eigenvalue weighted by Gasteiger charge is -2.13. The average molecular weight is 393 g/mol. The zero-order valence-corrected chi connectivity index (χ0v) is 16.4. The van der Waals surface area contributed by atoms with Crippen molar-refractivity contribution in [2.45, 2.75) is 39.3 Å². The second kappa shape index (κ2) is 9.14. The first-order chi connectivity index (χ1) is 13.9. The van der Waals surface area contributed by atoms with E-state index in [0.29, 0.717) is 23.3 Å². The fourth-order valence-electron chi connectivity index (χ4n) is 2.82. The predicted molar refractivity (Wildman–Crippen MR) is 109 cm³/mol. The lowest BCUT2D eigenvalue weighted by molar-refractivity contribution is -0.154. The number of carbonyl (C=O) groups excluding carboxylic acids is 2. The van der Waals surface area contributed by atoms with Crippen LogP contribution in [0.25, 0.3) is 10.9 Å². The van der Waals surface area contributed by atoms with Gasteiger partial charge in [0, 0.05) is 13.0 Å². The first-order valence-corrected chi connectivity index (χ1v) is 9.43. The summed E-state index contributed by atoms with van der Waals surface area (Å²) in [6.07, 6.45) is -0.676. The van der Waals surface area contributed by atoms with Crippen molar-refractivity contribution in [3.05, 3.63) is 75.8 Å². The third-order valence-electron chi connectivity index (χ3n) is 4.49. The van der Waals surface area contributed by atoms with Gasteiger partial charge in [0.1, 0.15) is 5.82 Å². The van der Waals surface area contributed by atoms with Crippen molar-refractivity contribution in [2.24, 2.45) is 0 Å². The smallest absolute Gasteiger partial charge is 0.307 e. The Bertz CT molecular complexity index is 1070. The summed E-state index contributed by atoms with van der Waals surface area (Å²) >= 11 is 0. The van der Waals surface area contributed by atoms with Crippen molar-refractivity contribution in [1.82, 2.24) is 15.3 Å². The highest BCUT2D eigenvalue weighted by atomic mass is 16.5. The second-order valence-electron chi connectivity index (χ2n) is 6.87. The van der Waals surface area contributed by atoms with Crippen molar-refractivity contribution in [3.63, 3.8) is 0 Å². The Morgan fingerprint density at radius 1 is 1.14 bits per heavy atom. The lowest BCUT2D eigenvalue weighted by Crippen LogP contribution is -2.35. The number of esters is 1. The van der Waals surface area contributed by atoms with Crippen LogP contribution in [0, 0.1) is 6.92 Å². The molecular formula is C22H23N3O4. The van der Waals surface area contributed by atoms with Crippen LogP contribution in [-0.4, -0.2) is 27.9 Å². The first kappa shape index (κ1) is 20.3. The van der Waals surface area contributed by atoms with Crippen molar-refractivity contribution in [3.8, 4) is 0 Å². The zero-order chi connectivity index (χ0) is 20.8. The van der Waals surface area contributed by atoms with E-state index in [1.807, 2.05) is 31.2 Å². The van der Waals surface area contributed by atoms with Gasteiger partial charge >= 0.3 is 5.97 Å². The Morgan fingerprint density at radius 2 is 1.86 bits per heavy atom. The Labute approximate surface area is 168 Å². The molecule has 2 N–H and O–H groups in total. The Morgan fingerprint density at radius 3 is 2.62 bits per heavy atom. The third kappa shape index (κ3) is 5.51. The number of hydrogen-bond acceptors (Lipinski definition) is 5. The summed E-state index contributed by atoms with van der Waals surface area (Å²) in [5.74, 6) is -0.489. The molecule has 0 aliphatic carbocycles. The number of aromatic amines is 1. The number of H-pyrrole nitrogens is 1. The largest absolute Gasteiger partial charge is 0.453 e. The van der Waals surface area contributed by atoms with Gasteiger partial charge in [0.15, 0.2) is 6.10 Å². The molecule has 3 aromatic rings. The highest BCUT2D eigenvalue weighted by Gasteiger charge is 2.17. The summed E-state index contributed by atoms with van der Waals surface area (Å²) in [7, 11) is 0. The van der Waals surface area contributed by atoms with Gasteiger partial charge in [-0.3, -0.25) is 14.4 Å². The molecular weight excluding hydrogens is 370 g/mol. The van der Waals surface area contributed by atoms with Crippen molar-refractivity contribution in [1.29, 1.82) is 0 Å². The summed E-state index contributed by atoms with van der Waals surface area (Å²) in [6, 6.07) is 14.8. The van der Waals surface area contributed by atoms with Crippen LogP contribution >= 0.6 is 0 Å². The van der Waals surface area contributed by atoms with Gasteiger partial charge in [-0.05, 0) is 31.5 Å².